The zero-order chi connectivity index (χ0) is 15.5. The van der Waals surface area contributed by atoms with Crippen molar-refractivity contribution < 1.29 is 9.59 Å². The highest BCUT2D eigenvalue weighted by Crippen LogP contribution is 2.37. The Labute approximate surface area is 135 Å². The molecule has 1 fully saturated rings. The Kier molecular flexibility index (Phi) is 4.71. The molecule has 118 valence electrons. The molecule has 0 spiro atoms. The van der Waals surface area contributed by atoms with Gasteiger partial charge in [0.05, 0.1) is 5.69 Å². The van der Waals surface area contributed by atoms with E-state index in [0.717, 1.165) is 30.8 Å². The highest BCUT2D eigenvalue weighted by molar-refractivity contribution is 7.99. The maximum absolute atomic E-state index is 12.5. The highest BCUT2D eigenvalue weighted by Gasteiger charge is 2.38. The number of benzene rings is 1. The van der Waals surface area contributed by atoms with Gasteiger partial charge in [0.1, 0.15) is 0 Å². The summed E-state index contributed by atoms with van der Waals surface area (Å²) in [7, 11) is 0. The van der Waals surface area contributed by atoms with Crippen LogP contribution in [0.5, 0.6) is 0 Å². The van der Waals surface area contributed by atoms with Gasteiger partial charge in [-0.05, 0) is 36.6 Å². The van der Waals surface area contributed by atoms with Crippen molar-refractivity contribution in [3.8, 4) is 0 Å². The van der Waals surface area contributed by atoms with Crippen molar-refractivity contribution in [1.82, 2.24) is 5.32 Å². The molecule has 0 saturated heterocycles. The average Bonchev–Trinajstić information content (AvgIpc) is 3.28. The fourth-order valence-corrected chi connectivity index (χ4v) is 3.83. The van der Waals surface area contributed by atoms with E-state index in [2.05, 4.69) is 18.3 Å². The monoisotopic (exact) mass is 318 g/mol. The van der Waals surface area contributed by atoms with Gasteiger partial charge in [-0.1, -0.05) is 19.1 Å². The van der Waals surface area contributed by atoms with Crippen molar-refractivity contribution in [3.05, 3.63) is 24.3 Å². The van der Waals surface area contributed by atoms with Crippen LogP contribution in [0, 0.1) is 11.8 Å². The third-order valence-corrected chi connectivity index (χ3v) is 5.47. The maximum Gasteiger partial charge on any atom is 0.228 e. The molecule has 22 heavy (non-hydrogen) atoms. The minimum Gasteiger partial charge on any atom is -0.355 e. The number of anilines is 1. The van der Waals surface area contributed by atoms with Crippen LogP contribution in [0.25, 0.3) is 0 Å². The maximum atomic E-state index is 12.5. The molecular formula is C17H22N2O2S. The summed E-state index contributed by atoms with van der Waals surface area (Å²) in [5, 5.41) is 2.89. The number of carbonyl (C=O) groups excluding carboxylic acids is 2. The van der Waals surface area contributed by atoms with Gasteiger partial charge in [0.2, 0.25) is 11.8 Å². The average molecular weight is 318 g/mol. The smallest absolute Gasteiger partial charge is 0.228 e. The van der Waals surface area contributed by atoms with Crippen molar-refractivity contribution in [2.75, 3.05) is 23.7 Å². The number of fused-ring (bicyclic) bond motifs is 1. The summed E-state index contributed by atoms with van der Waals surface area (Å²) in [6, 6.07) is 8.07. The lowest BCUT2D eigenvalue weighted by Gasteiger charge is -2.22. The molecule has 1 aromatic carbocycles. The summed E-state index contributed by atoms with van der Waals surface area (Å²) < 4.78 is 0. The number of amides is 2. The van der Waals surface area contributed by atoms with Crippen LogP contribution in [0.15, 0.2) is 29.2 Å². The molecule has 1 aromatic rings. The van der Waals surface area contributed by atoms with Crippen LogP contribution < -0.4 is 10.2 Å². The molecule has 1 heterocycles. The van der Waals surface area contributed by atoms with Gasteiger partial charge in [-0.15, -0.1) is 11.8 Å². The predicted octanol–water partition coefficient (Wildman–Crippen LogP) is 2.68. The lowest BCUT2D eigenvalue weighted by Crippen LogP contribution is -2.35. The Bertz CT molecular complexity index is 576. The van der Waals surface area contributed by atoms with Gasteiger partial charge in [0, 0.05) is 30.3 Å². The fraction of sp³-hybridized carbons (Fsp3) is 0.529. The standard InChI is InChI=1S/C17H22N2O2S/c1-12-11-13(12)17(21)18-8-7-16(20)19-9-4-10-22-15-6-3-2-5-14(15)19/h2-3,5-6,12-13H,4,7-11H2,1H3,(H,18,21)/t12-,13+/m0/s1. The number of nitrogens with one attached hydrogen (secondary N) is 1. The molecule has 1 aliphatic carbocycles. The van der Waals surface area contributed by atoms with E-state index in [9.17, 15) is 9.59 Å². The van der Waals surface area contributed by atoms with Gasteiger partial charge in [0.25, 0.3) is 0 Å². The Morgan fingerprint density at radius 1 is 1.36 bits per heavy atom. The molecule has 4 nitrogen and oxygen atoms in total. The molecule has 2 amide bonds. The van der Waals surface area contributed by atoms with Crippen LogP contribution in [0.4, 0.5) is 5.69 Å². The van der Waals surface area contributed by atoms with Crippen LogP contribution in [0.3, 0.4) is 0 Å². The normalized spacial score (nSPS) is 23.4. The first-order valence-electron chi connectivity index (χ1n) is 7.96. The van der Waals surface area contributed by atoms with Crippen LogP contribution >= 0.6 is 11.8 Å². The van der Waals surface area contributed by atoms with Gasteiger partial charge in [-0.25, -0.2) is 0 Å². The van der Waals surface area contributed by atoms with E-state index in [4.69, 9.17) is 0 Å². The van der Waals surface area contributed by atoms with Crippen molar-refractivity contribution in [1.29, 1.82) is 0 Å². The highest BCUT2D eigenvalue weighted by atomic mass is 32.2. The summed E-state index contributed by atoms with van der Waals surface area (Å²) >= 11 is 1.81. The molecule has 0 bridgehead atoms. The number of thioether (sulfide) groups is 1. The second-order valence-corrected chi connectivity index (χ2v) is 7.21. The molecule has 1 N–H and O–H groups in total. The van der Waals surface area contributed by atoms with Crippen LogP contribution in [-0.2, 0) is 9.59 Å². The predicted molar refractivity (Wildman–Crippen MR) is 89.0 cm³/mol. The molecule has 2 aliphatic rings. The lowest BCUT2D eigenvalue weighted by molar-refractivity contribution is -0.122. The van der Waals surface area contributed by atoms with Gasteiger partial charge in [-0.3, -0.25) is 9.59 Å². The molecule has 2 atom stereocenters. The minimum absolute atomic E-state index is 0.0964. The van der Waals surface area contributed by atoms with Crippen LogP contribution in [0.1, 0.15) is 26.2 Å². The molecule has 0 radical (unpaired) electrons. The second-order valence-electron chi connectivity index (χ2n) is 6.08. The van der Waals surface area contributed by atoms with E-state index in [0.29, 0.717) is 18.9 Å². The zero-order valence-electron chi connectivity index (χ0n) is 12.9. The fourth-order valence-electron chi connectivity index (χ4n) is 2.83. The van der Waals surface area contributed by atoms with E-state index in [-0.39, 0.29) is 17.7 Å². The first-order valence-corrected chi connectivity index (χ1v) is 8.95. The van der Waals surface area contributed by atoms with E-state index in [1.165, 1.54) is 4.90 Å². The summed E-state index contributed by atoms with van der Waals surface area (Å²) in [6.07, 6.45) is 2.35. The Morgan fingerprint density at radius 3 is 2.91 bits per heavy atom. The van der Waals surface area contributed by atoms with E-state index in [1.54, 1.807) is 0 Å². The Morgan fingerprint density at radius 2 is 2.14 bits per heavy atom. The van der Waals surface area contributed by atoms with Crippen LogP contribution in [0.2, 0.25) is 0 Å². The minimum atomic E-state index is 0.0964. The third kappa shape index (κ3) is 3.46. The topological polar surface area (TPSA) is 49.4 Å². The van der Waals surface area contributed by atoms with Gasteiger partial charge in [-0.2, -0.15) is 0 Å². The number of hydrogen-bond donors (Lipinski definition) is 1. The molecule has 0 aromatic heterocycles. The molecule has 5 heteroatoms. The summed E-state index contributed by atoms with van der Waals surface area (Å²) in [5.74, 6) is 1.92. The van der Waals surface area contributed by atoms with Crippen molar-refractivity contribution >= 4 is 29.3 Å². The number of nitrogens with zero attached hydrogens (tertiary/aromatic N) is 1. The van der Waals surface area contributed by atoms with E-state index < -0.39 is 0 Å². The molecule has 1 saturated carbocycles. The third-order valence-electron chi connectivity index (χ3n) is 4.33. The van der Waals surface area contributed by atoms with E-state index in [1.807, 2.05) is 34.9 Å². The number of para-hydroxylation sites is 1. The molecular weight excluding hydrogens is 296 g/mol. The van der Waals surface area contributed by atoms with Crippen molar-refractivity contribution in [3.63, 3.8) is 0 Å². The number of hydrogen-bond acceptors (Lipinski definition) is 3. The molecule has 1 aliphatic heterocycles. The summed E-state index contributed by atoms with van der Waals surface area (Å²) in [6.45, 7) is 3.28. The number of carbonyl (C=O) groups is 2. The SMILES string of the molecule is C[C@H]1C[C@H]1C(=O)NCCC(=O)N1CCCSc2ccccc21. The Hall–Kier alpha value is -1.49. The van der Waals surface area contributed by atoms with Crippen LogP contribution in [-0.4, -0.2) is 30.7 Å². The van der Waals surface area contributed by atoms with Gasteiger partial charge >= 0.3 is 0 Å². The van der Waals surface area contributed by atoms with Crippen molar-refractivity contribution in [2.24, 2.45) is 11.8 Å². The van der Waals surface area contributed by atoms with E-state index >= 15 is 0 Å². The quantitative estimate of drug-likeness (QED) is 0.928. The van der Waals surface area contributed by atoms with Gasteiger partial charge in [0.15, 0.2) is 0 Å². The van der Waals surface area contributed by atoms with Gasteiger partial charge < -0.3 is 10.2 Å². The first-order chi connectivity index (χ1) is 10.7. The lowest BCUT2D eigenvalue weighted by atomic mass is 10.2. The summed E-state index contributed by atoms with van der Waals surface area (Å²) in [5.41, 5.74) is 1.01. The zero-order valence-corrected chi connectivity index (χ0v) is 13.7. The first kappa shape index (κ1) is 15.4. The Balaban J connectivity index is 1.56. The molecule has 0 unspecified atom stereocenters. The summed E-state index contributed by atoms with van der Waals surface area (Å²) in [4.78, 5) is 27.3. The van der Waals surface area contributed by atoms with Crippen molar-refractivity contribution in [2.45, 2.75) is 31.1 Å². The number of rotatable bonds is 4. The second kappa shape index (κ2) is 6.73. The largest absolute Gasteiger partial charge is 0.355 e. The molecule has 3 rings (SSSR count).